The van der Waals surface area contributed by atoms with E-state index < -0.39 is 0 Å². The van der Waals surface area contributed by atoms with E-state index >= 15 is 0 Å². The molecular formula is C14H13BrClN5. The molecular weight excluding hydrogens is 354 g/mol. The highest BCUT2D eigenvalue weighted by Crippen LogP contribution is 2.26. The van der Waals surface area contributed by atoms with Crippen molar-refractivity contribution in [2.45, 2.75) is 19.9 Å². The topological polar surface area (TPSA) is 55.6 Å². The Morgan fingerprint density at radius 2 is 1.90 bits per heavy atom. The zero-order valence-electron chi connectivity index (χ0n) is 11.5. The number of nitrogens with one attached hydrogen (secondary N) is 1. The van der Waals surface area contributed by atoms with Gasteiger partial charge in [-0.2, -0.15) is 9.97 Å². The van der Waals surface area contributed by atoms with Crippen molar-refractivity contribution in [1.82, 2.24) is 19.5 Å². The highest BCUT2D eigenvalue weighted by molar-refractivity contribution is 9.10. The van der Waals surface area contributed by atoms with Gasteiger partial charge >= 0.3 is 0 Å². The molecule has 108 valence electrons. The number of anilines is 2. The van der Waals surface area contributed by atoms with Gasteiger partial charge in [0.2, 0.25) is 5.28 Å². The van der Waals surface area contributed by atoms with Crippen LogP contribution in [0.15, 0.2) is 35.1 Å². The molecule has 0 radical (unpaired) electrons. The fourth-order valence-electron chi connectivity index (χ4n) is 2.02. The zero-order chi connectivity index (χ0) is 15.0. The van der Waals surface area contributed by atoms with Crippen LogP contribution in [0.3, 0.4) is 0 Å². The molecule has 0 amide bonds. The van der Waals surface area contributed by atoms with E-state index in [0.29, 0.717) is 11.3 Å². The Balaban J connectivity index is 2.07. The fourth-order valence-corrected chi connectivity index (χ4v) is 2.45. The Hall–Kier alpha value is -1.66. The molecule has 2 heterocycles. The van der Waals surface area contributed by atoms with Crippen molar-refractivity contribution in [2.24, 2.45) is 0 Å². The summed E-state index contributed by atoms with van der Waals surface area (Å²) < 4.78 is 2.98. The average molecular weight is 367 g/mol. The van der Waals surface area contributed by atoms with Crippen molar-refractivity contribution in [1.29, 1.82) is 0 Å². The van der Waals surface area contributed by atoms with Crippen LogP contribution < -0.4 is 5.32 Å². The first-order valence-electron chi connectivity index (χ1n) is 6.47. The molecule has 2 aromatic heterocycles. The first-order chi connectivity index (χ1) is 10.0. The number of imidazole rings is 1. The van der Waals surface area contributed by atoms with Crippen molar-refractivity contribution < 1.29 is 0 Å². The second-order valence-electron chi connectivity index (χ2n) is 4.89. The van der Waals surface area contributed by atoms with Gasteiger partial charge in [-0.05, 0) is 49.7 Å². The predicted molar refractivity (Wildman–Crippen MR) is 88.1 cm³/mol. The highest BCUT2D eigenvalue weighted by Gasteiger charge is 2.14. The average Bonchev–Trinajstić information content (AvgIpc) is 2.85. The molecule has 0 aliphatic rings. The minimum atomic E-state index is 0.199. The van der Waals surface area contributed by atoms with E-state index in [4.69, 9.17) is 11.6 Å². The largest absolute Gasteiger partial charge is 0.338 e. The predicted octanol–water partition coefficient (Wildman–Crippen LogP) is 4.57. The molecule has 0 aliphatic carbocycles. The minimum Gasteiger partial charge on any atom is -0.338 e. The van der Waals surface area contributed by atoms with Gasteiger partial charge in [0, 0.05) is 16.2 Å². The lowest BCUT2D eigenvalue weighted by molar-refractivity contribution is 0.612. The van der Waals surface area contributed by atoms with E-state index in [0.717, 1.165) is 15.8 Å². The number of hydrogen-bond acceptors (Lipinski definition) is 4. The number of fused-ring (bicyclic) bond motifs is 1. The third-order valence-electron chi connectivity index (χ3n) is 3.06. The summed E-state index contributed by atoms with van der Waals surface area (Å²) in [4.78, 5) is 12.9. The van der Waals surface area contributed by atoms with Crippen LogP contribution in [0.4, 0.5) is 11.5 Å². The van der Waals surface area contributed by atoms with Crippen molar-refractivity contribution >= 4 is 50.2 Å². The Bertz CT molecular complexity index is 782. The minimum absolute atomic E-state index is 0.199. The van der Waals surface area contributed by atoms with Crippen LogP contribution >= 0.6 is 27.5 Å². The summed E-state index contributed by atoms with van der Waals surface area (Å²) in [6.07, 6.45) is 1.76. The molecule has 0 atom stereocenters. The van der Waals surface area contributed by atoms with E-state index in [1.54, 1.807) is 6.33 Å². The zero-order valence-corrected chi connectivity index (χ0v) is 13.9. The van der Waals surface area contributed by atoms with Crippen LogP contribution in [0.5, 0.6) is 0 Å². The van der Waals surface area contributed by atoms with Gasteiger partial charge in [0.15, 0.2) is 17.0 Å². The Labute approximate surface area is 135 Å². The third kappa shape index (κ3) is 2.87. The van der Waals surface area contributed by atoms with Crippen LogP contribution in [0, 0.1) is 0 Å². The van der Waals surface area contributed by atoms with Gasteiger partial charge < -0.3 is 9.88 Å². The number of hydrogen-bond donors (Lipinski definition) is 1. The number of nitrogens with zero attached hydrogens (tertiary/aromatic N) is 4. The highest BCUT2D eigenvalue weighted by atomic mass is 79.9. The molecule has 0 saturated carbocycles. The molecule has 0 fully saturated rings. The van der Waals surface area contributed by atoms with Crippen molar-refractivity contribution in [3.63, 3.8) is 0 Å². The number of benzene rings is 1. The van der Waals surface area contributed by atoms with E-state index in [1.165, 1.54) is 0 Å². The molecule has 0 unspecified atom stereocenters. The van der Waals surface area contributed by atoms with E-state index in [2.05, 4.69) is 50.0 Å². The van der Waals surface area contributed by atoms with Gasteiger partial charge in [-0.3, -0.25) is 0 Å². The van der Waals surface area contributed by atoms with Gasteiger partial charge in [-0.1, -0.05) is 15.9 Å². The number of halogens is 2. The smallest absolute Gasteiger partial charge is 0.226 e. The summed E-state index contributed by atoms with van der Waals surface area (Å²) in [5, 5.41) is 3.43. The van der Waals surface area contributed by atoms with Gasteiger partial charge in [-0.15, -0.1) is 0 Å². The van der Waals surface area contributed by atoms with E-state index in [9.17, 15) is 0 Å². The Morgan fingerprint density at radius 3 is 2.57 bits per heavy atom. The van der Waals surface area contributed by atoms with Gasteiger partial charge in [0.25, 0.3) is 0 Å². The number of aromatic nitrogens is 4. The molecule has 3 rings (SSSR count). The second-order valence-corrected chi connectivity index (χ2v) is 6.14. The standard InChI is InChI=1S/C14H13BrClN5/c1-8(2)21-7-17-11-12(19-14(16)20-13(11)21)18-10-5-3-9(15)4-6-10/h3-8H,1-2H3,(H,18,19,20). The normalized spacial score (nSPS) is 11.3. The molecule has 7 heteroatoms. The van der Waals surface area contributed by atoms with Crippen LogP contribution in [0.2, 0.25) is 5.28 Å². The van der Waals surface area contributed by atoms with Crippen LogP contribution in [0.1, 0.15) is 19.9 Å². The van der Waals surface area contributed by atoms with Gasteiger partial charge in [-0.25, -0.2) is 4.98 Å². The van der Waals surface area contributed by atoms with Crippen LogP contribution in [-0.4, -0.2) is 19.5 Å². The summed E-state index contributed by atoms with van der Waals surface area (Å²) in [6.45, 7) is 4.14. The maximum atomic E-state index is 6.04. The maximum absolute atomic E-state index is 6.04. The van der Waals surface area contributed by atoms with E-state index in [1.807, 2.05) is 28.8 Å². The Kier molecular flexibility index (Phi) is 3.82. The monoisotopic (exact) mass is 365 g/mol. The molecule has 5 nitrogen and oxygen atoms in total. The molecule has 0 bridgehead atoms. The first kappa shape index (κ1) is 14.3. The van der Waals surface area contributed by atoms with E-state index in [-0.39, 0.29) is 11.3 Å². The summed E-state index contributed by atoms with van der Waals surface area (Å²) in [6, 6.07) is 8.06. The third-order valence-corrected chi connectivity index (χ3v) is 3.76. The summed E-state index contributed by atoms with van der Waals surface area (Å²) >= 11 is 9.45. The summed E-state index contributed by atoms with van der Waals surface area (Å²) in [7, 11) is 0. The van der Waals surface area contributed by atoms with Gasteiger partial charge in [0.1, 0.15) is 0 Å². The first-order valence-corrected chi connectivity index (χ1v) is 7.64. The summed E-state index contributed by atoms with van der Waals surface area (Å²) in [5.74, 6) is 0.603. The molecule has 3 aromatic rings. The van der Waals surface area contributed by atoms with Crippen molar-refractivity contribution in [3.8, 4) is 0 Å². The molecule has 0 aliphatic heterocycles. The maximum Gasteiger partial charge on any atom is 0.226 e. The molecule has 1 N–H and O–H groups in total. The molecule has 0 spiro atoms. The SMILES string of the molecule is CC(C)n1cnc2c(Nc3ccc(Br)cc3)nc(Cl)nc21. The molecule has 21 heavy (non-hydrogen) atoms. The summed E-state index contributed by atoms with van der Waals surface area (Å²) in [5.41, 5.74) is 2.34. The quantitative estimate of drug-likeness (QED) is 0.690. The van der Waals surface area contributed by atoms with Crippen LogP contribution in [-0.2, 0) is 0 Å². The number of rotatable bonds is 3. The lowest BCUT2D eigenvalue weighted by atomic mass is 10.3. The fraction of sp³-hybridized carbons (Fsp3) is 0.214. The lowest BCUT2D eigenvalue weighted by Crippen LogP contribution is -2.02. The Morgan fingerprint density at radius 1 is 1.19 bits per heavy atom. The second kappa shape index (κ2) is 5.61. The van der Waals surface area contributed by atoms with Crippen molar-refractivity contribution in [2.75, 3.05) is 5.32 Å². The van der Waals surface area contributed by atoms with Gasteiger partial charge in [0.05, 0.1) is 6.33 Å². The molecule has 0 saturated heterocycles. The van der Waals surface area contributed by atoms with Crippen LogP contribution in [0.25, 0.3) is 11.2 Å². The molecule has 1 aromatic carbocycles. The lowest BCUT2D eigenvalue weighted by Gasteiger charge is -2.09. The van der Waals surface area contributed by atoms with Crippen molar-refractivity contribution in [3.05, 3.63) is 40.3 Å².